The number of hydrogen-bond acceptors (Lipinski definition) is 6. The zero-order chi connectivity index (χ0) is 21.3. The maximum Gasteiger partial charge on any atom is 0.339 e. The van der Waals surface area contributed by atoms with Crippen molar-refractivity contribution in [2.24, 2.45) is 0 Å². The first kappa shape index (κ1) is 19.2. The van der Waals surface area contributed by atoms with Crippen molar-refractivity contribution in [1.82, 2.24) is 0 Å². The molecule has 0 fully saturated rings. The lowest BCUT2D eigenvalue weighted by atomic mass is 10.1. The lowest BCUT2D eigenvalue weighted by molar-refractivity contribution is 0.0587. The Morgan fingerprint density at radius 3 is 2.37 bits per heavy atom. The molecule has 0 aliphatic rings. The number of rotatable bonds is 4. The van der Waals surface area contributed by atoms with Gasteiger partial charge in [-0.25, -0.2) is 9.59 Å². The average Bonchev–Trinajstić information content (AvgIpc) is 3.23. The van der Waals surface area contributed by atoms with Crippen molar-refractivity contribution in [3.05, 3.63) is 77.6 Å². The number of ether oxygens (including phenoxy) is 2. The monoisotopic (exact) mass is 403 g/mol. The first-order chi connectivity index (χ1) is 14.5. The summed E-state index contributed by atoms with van der Waals surface area (Å²) in [5.74, 6) is -1.75. The molecule has 0 radical (unpaired) electrons. The number of esters is 2. The second kappa shape index (κ2) is 7.71. The Bertz CT molecular complexity index is 1300. The highest BCUT2D eigenvalue weighted by molar-refractivity contribution is 6.12. The van der Waals surface area contributed by atoms with E-state index in [4.69, 9.17) is 13.9 Å². The zero-order valence-electron chi connectivity index (χ0n) is 16.2. The quantitative estimate of drug-likeness (QED) is 0.507. The van der Waals surface area contributed by atoms with E-state index in [1.807, 2.05) is 30.3 Å². The van der Waals surface area contributed by atoms with Crippen LogP contribution in [0.25, 0.3) is 21.7 Å². The average molecular weight is 403 g/mol. The third-order valence-corrected chi connectivity index (χ3v) is 4.74. The molecule has 1 amide bonds. The van der Waals surface area contributed by atoms with Crippen LogP contribution in [0.4, 0.5) is 5.69 Å². The van der Waals surface area contributed by atoms with Gasteiger partial charge in [0.05, 0.1) is 31.0 Å². The van der Waals surface area contributed by atoms with Gasteiger partial charge in [0.2, 0.25) is 0 Å². The molecule has 150 valence electrons. The molecular weight excluding hydrogens is 386 g/mol. The number of anilines is 1. The molecule has 4 rings (SSSR count). The van der Waals surface area contributed by atoms with Crippen molar-refractivity contribution in [3.63, 3.8) is 0 Å². The van der Waals surface area contributed by atoms with E-state index in [1.165, 1.54) is 32.4 Å². The third-order valence-electron chi connectivity index (χ3n) is 4.74. The Hall–Kier alpha value is -4.13. The highest BCUT2D eigenvalue weighted by atomic mass is 16.5. The Morgan fingerprint density at radius 1 is 0.833 bits per heavy atom. The lowest BCUT2D eigenvalue weighted by Crippen LogP contribution is -2.16. The Labute approximate surface area is 171 Å². The smallest absolute Gasteiger partial charge is 0.339 e. The Balaban J connectivity index is 1.73. The standard InChI is InChI=1S/C23H17NO6/c1-28-22(26)14-7-9-16(23(27)29-2)18(11-14)24-21(25)20-12-17-15-6-4-3-5-13(15)8-10-19(17)30-20/h3-12H,1-2H3,(H,24,25). The Morgan fingerprint density at radius 2 is 1.60 bits per heavy atom. The number of nitrogens with one attached hydrogen (secondary N) is 1. The number of carbonyl (C=O) groups is 3. The van der Waals surface area contributed by atoms with Gasteiger partial charge in [-0.15, -0.1) is 0 Å². The summed E-state index contributed by atoms with van der Waals surface area (Å²) >= 11 is 0. The van der Waals surface area contributed by atoms with Gasteiger partial charge in [0.25, 0.3) is 5.91 Å². The predicted octanol–water partition coefficient (Wildman–Crippen LogP) is 4.41. The number of methoxy groups -OCH3 is 2. The minimum absolute atomic E-state index is 0.0700. The number of carbonyl (C=O) groups excluding carboxylic acids is 3. The van der Waals surface area contributed by atoms with Crippen molar-refractivity contribution in [2.45, 2.75) is 0 Å². The summed E-state index contributed by atoms with van der Waals surface area (Å²) in [4.78, 5) is 36.8. The largest absolute Gasteiger partial charge is 0.465 e. The zero-order valence-corrected chi connectivity index (χ0v) is 16.2. The molecule has 0 aliphatic carbocycles. The summed E-state index contributed by atoms with van der Waals surface area (Å²) in [6, 6.07) is 17.3. The van der Waals surface area contributed by atoms with Gasteiger partial charge in [-0.1, -0.05) is 30.3 Å². The van der Waals surface area contributed by atoms with Crippen LogP contribution in [0, 0.1) is 0 Å². The van der Waals surface area contributed by atoms with Crippen LogP contribution in [-0.4, -0.2) is 32.1 Å². The molecule has 0 unspecified atom stereocenters. The van der Waals surface area contributed by atoms with Crippen molar-refractivity contribution < 1.29 is 28.3 Å². The van der Waals surface area contributed by atoms with E-state index in [9.17, 15) is 14.4 Å². The maximum atomic E-state index is 12.9. The van der Waals surface area contributed by atoms with Gasteiger partial charge in [-0.3, -0.25) is 4.79 Å². The molecule has 30 heavy (non-hydrogen) atoms. The second-order valence-electron chi connectivity index (χ2n) is 6.51. The SMILES string of the molecule is COC(=O)c1ccc(C(=O)OC)c(NC(=O)c2cc3c(ccc4ccccc43)o2)c1. The fraction of sp³-hybridized carbons (Fsp3) is 0.0870. The van der Waals surface area contributed by atoms with Crippen LogP contribution in [0.2, 0.25) is 0 Å². The van der Waals surface area contributed by atoms with E-state index in [0.717, 1.165) is 16.2 Å². The van der Waals surface area contributed by atoms with Gasteiger partial charge < -0.3 is 19.2 Å². The molecule has 3 aromatic carbocycles. The molecule has 0 spiro atoms. The molecule has 0 saturated heterocycles. The number of benzene rings is 3. The van der Waals surface area contributed by atoms with E-state index >= 15 is 0 Å². The van der Waals surface area contributed by atoms with E-state index < -0.39 is 17.8 Å². The molecule has 1 heterocycles. The summed E-state index contributed by atoms with van der Waals surface area (Å²) in [6.45, 7) is 0. The number of fused-ring (bicyclic) bond motifs is 3. The molecule has 0 bridgehead atoms. The molecule has 0 saturated carbocycles. The van der Waals surface area contributed by atoms with Gasteiger partial charge in [0.15, 0.2) is 5.76 Å². The van der Waals surface area contributed by atoms with Crippen molar-refractivity contribution >= 4 is 45.3 Å². The third kappa shape index (κ3) is 3.37. The summed E-state index contributed by atoms with van der Waals surface area (Å²) in [5, 5.41) is 5.41. The molecule has 1 aromatic heterocycles. The topological polar surface area (TPSA) is 94.8 Å². The van der Waals surface area contributed by atoms with Crippen LogP contribution in [0.3, 0.4) is 0 Å². The number of hydrogen-bond donors (Lipinski definition) is 1. The molecule has 0 atom stereocenters. The minimum Gasteiger partial charge on any atom is -0.465 e. The van der Waals surface area contributed by atoms with Crippen LogP contribution in [0.1, 0.15) is 31.3 Å². The van der Waals surface area contributed by atoms with Crippen LogP contribution < -0.4 is 5.32 Å². The predicted molar refractivity (Wildman–Crippen MR) is 111 cm³/mol. The highest BCUT2D eigenvalue weighted by Gasteiger charge is 2.20. The van der Waals surface area contributed by atoms with Gasteiger partial charge in [-0.2, -0.15) is 0 Å². The van der Waals surface area contributed by atoms with Crippen LogP contribution in [-0.2, 0) is 9.47 Å². The summed E-state index contributed by atoms with van der Waals surface area (Å²) in [6.07, 6.45) is 0. The van der Waals surface area contributed by atoms with Crippen LogP contribution in [0.5, 0.6) is 0 Å². The second-order valence-corrected chi connectivity index (χ2v) is 6.51. The number of amides is 1. The summed E-state index contributed by atoms with van der Waals surface area (Å²) in [5.41, 5.74) is 0.950. The first-order valence-electron chi connectivity index (χ1n) is 9.05. The molecule has 1 N–H and O–H groups in total. The van der Waals surface area contributed by atoms with Crippen molar-refractivity contribution in [3.8, 4) is 0 Å². The normalized spacial score (nSPS) is 10.7. The Kier molecular flexibility index (Phi) is 4.93. The number of furan rings is 1. The highest BCUT2D eigenvalue weighted by Crippen LogP contribution is 2.29. The lowest BCUT2D eigenvalue weighted by Gasteiger charge is -2.10. The minimum atomic E-state index is -0.655. The van der Waals surface area contributed by atoms with E-state index in [2.05, 4.69) is 5.32 Å². The van der Waals surface area contributed by atoms with Crippen molar-refractivity contribution in [1.29, 1.82) is 0 Å². The first-order valence-corrected chi connectivity index (χ1v) is 9.05. The van der Waals surface area contributed by atoms with Gasteiger partial charge >= 0.3 is 11.9 Å². The van der Waals surface area contributed by atoms with E-state index in [-0.39, 0.29) is 22.6 Å². The van der Waals surface area contributed by atoms with Gasteiger partial charge in [0.1, 0.15) is 5.58 Å². The molecular formula is C23H17NO6. The fourth-order valence-electron chi connectivity index (χ4n) is 3.27. The summed E-state index contributed by atoms with van der Waals surface area (Å²) in [7, 11) is 2.47. The van der Waals surface area contributed by atoms with Crippen LogP contribution in [0.15, 0.2) is 65.1 Å². The maximum absolute atomic E-state index is 12.9. The van der Waals surface area contributed by atoms with Crippen molar-refractivity contribution in [2.75, 3.05) is 19.5 Å². The van der Waals surface area contributed by atoms with Crippen LogP contribution >= 0.6 is 0 Å². The van der Waals surface area contributed by atoms with E-state index in [1.54, 1.807) is 12.1 Å². The van der Waals surface area contributed by atoms with Gasteiger partial charge in [0, 0.05) is 5.39 Å². The van der Waals surface area contributed by atoms with Gasteiger partial charge in [-0.05, 0) is 41.1 Å². The van der Waals surface area contributed by atoms with E-state index in [0.29, 0.717) is 5.58 Å². The molecule has 7 heteroatoms. The molecule has 0 aliphatic heterocycles. The summed E-state index contributed by atoms with van der Waals surface area (Å²) < 4.78 is 15.2. The molecule has 7 nitrogen and oxygen atoms in total. The molecule has 4 aromatic rings. The fourth-order valence-corrected chi connectivity index (χ4v) is 3.27.